The summed E-state index contributed by atoms with van der Waals surface area (Å²) < 4.78 is 18.9. The lowest BCUT2D eigenvalue weighted by atomic mass is 9.90. The van der Waals surface area contributed by atoms with E-state index in [-0.39, 0.29) is 11.8 Å². The van der Waals surface area contributed by atoms with E-state index in [1.165, 1.54) is 31.4 Å². The Morgan fingerprint density at radius 2 is 1.88 bits per heavy atom. The van der Waals surface area contributed by atoms with Crippen molar-refractivity contribution in [2.45, 2.75) is 51.5 Å². The highest BCUT2D eigenvalue weighted by atomic mass is 19.1. The summed E-state index contributed by atoms with van der Waals surface area (Å²) in [5, 5.41) is 5.45. The lowest BCUT2D eigenvalue weighted by Gasteiger charge is -2.30. The second kappa shape index (κ2) is 8.34. The summed E-state index contributed by atoms with van der Waals surface area (Å²) in [6.45, 7) is 2.28. The van der Waals surface area contributed by atoms with Gasteiger partial charge in [-0.3, -0.25) is 0 Å². The first kappa shape index (κ1) is 18.4. The summed E-state index contributed by atoms with van der Waals surface area (Å²) in [4.78, 5) is 24.8. The van der Waals surface area contributed by atoms with Gasteiger partial charge in [-0.2, -0.15) is 0 Å². The third-order valence-electron chi connectivity index (χ3n) is 5.11. The van der Waals surface area contributed by atoms with Crippen molar-refractivity contribution in [3.63, 3.8) is 0 Å². The Kier molecular flexibility index (Phi) is 5.91. The van der Waals surface area contributed by atoms with Crippen LogP contribution in [0.25, 0.3) is 0 Å². The van der Waals surface area contributed by atoms with Crippen LogP contribution in [0.3, 0.4) is 0 Å². The van der Waals surface area contributed by atoms with Crippen LogP contribution in [0.15, 0.2) is 35.5 Å². The van der Waals surface area contributed by atoms with Gasteiger partial charge in [0.1, 0.15) is 5.82 Å². The van der Waals surface area contributed by atoms with E-state index in [1.54, 1.807) is 12.1 Å². The number of ether oxygens (including phenoxy) is 1. The number of carbonyl (C=O) groups excluding carboxylic acids is 2. The maximum absolute atomic E-state index is 13.3. The molecule has 0 bridgehead atoms. The minimum Gasteiger partial charge on any atom is -0.462 e. The Labute approximate surface area is 153 Å². The van der Waals surface area contributed by atoms with E-state index in [2.05, 4.69) is 10.6 Å². The van der Waals surface area contributed by atoms with Crippen LogP contribution >= 0.6 is 0 Å². The van der Waals surface area contributed by atoms with Crippen LogP contribution in [-0.4, -0.2) is 18.6 Å². The lowest BCUT2D eigenvalue weighted by molar-refractivity contribution is -0.141. The minimum atomic E-state index is -0.641. The molecule has 26 heavy (non-hydrogen) atoms. The molecule has 140 valence electrons. The lowest BCUT2D eigenvalue weighted by Crippen LogP contribution is -2.46. The van der Waals surface area contributed by atoms with E-state index in [9.17, 15) is 14.0 Å². The highest BCUT2D eigenvalue weighted by molar-refractivity contribution is 5.95. The largest absolute Gasteiger partial charge is 0.462 e. The van der Waals surface area contributed by atoms with Crippen LogP contribution in [0, 0.1) is 11.7 Å². The van der Waals surface area contributed by atoms with Gasteiger partial charge in [0.15, 0.2) is 0 Å². The van der Waals surface area contributed by atoms with Gasteiger partial charge in [-0.15, -0.1) is 0 Å². The predicted molar refractivity (Wildman–Crippen MR) is 95.7 cm³/mol. The maximum atomic E-state index is 13.3. The van der Waals surface area contributed by atoms with Crippen molar-refractivity contribution in [3.8, 4) is 0 Å². The maximum Gasteiger partial charge on any atom is 0.338 e. The number of allylic oxidation sites excluding steroid dienone is 1. The van der Waals surface area contributed by atoms with Crippen LogP contribution < -0.4 is 10.6 Å². The molecular weight excluding hydrogens is 335 g/mol. The van der Waals surface area contributed by atoms with Crippen molar-refractivity contribution in [2.75, 3.05) is 6.61 Å². The fourth-order valence-electron chi connectivity index (χ4n) is 3.67. The number of hydrogen-bond donors (Lipinski definition) is 2. The van der Waals surface area contributed by atoms with Crippen molar-refractivity contribution >= 4 is 12.0 Å². The Morgan fingerprint density at radius 1 is 1.19 bits per heavy atom. The molecule has 1 aliphatic heterocycles. The summed E-state index contributed by atoms with van der Waals surface area (Å²) in [5.74, 6) is -0.377. The highest BCUT2D eigenvalue weighted by Gasteiger charge is 2.33. The fourth-order valence-corrected chi connectivity index (χ4v) is 3.67. The smallest absolute Gasteiger partial charge is 0.338 e. The van der Waals surface area contributed by atoms with Crippen LogP contribution in [0.1, 0.15) is 57.1 Å². The Hall–Kier alpha value is -2.37. The number of urea groups is 1. The van der Waals surface area contributed by atoms with Gasteiger partial charge < -0.3 is 15.4 Å². The molecular formula is C20H25FN2O3. The summed E-state index contributed by atoms with van der Waals surface area (Å²) in [6.07, 6.45) is 6.28. The van der Waals surface area contributed by atoms with E-state index in [4.69, 9.17) is 4.74 Å². The molecule has 1 heterocycles. The van der Waals surface area contributed by atoms with Gasteiger partial charge in [0.25, 0.3) is 0 Å². The second-order valence-electron chi connectivity index (χ2n) is 6.93. The first-order chi connectivity index (χ1) is 12.6. The summed E-state index contributed by atoms with van der Waals surface area (Å²) in [5.41, 5.74) is 1.60. The number of benzene rings is 1. The molecule has 1 aliphatic carbocycles. The molecule has 6 heteroatoms. The van der Waals surface area contributed by atoms with Gasteiger partial charge in [0.2, 0.25) is 0 Å². The van der Waals surface area contributed by atoms with Crippen molar-refractivity contribution in [3.05, 3.63) is 46.9 Å². The van der Waals surface area contributed by atoms with Gasteiger partial charge in [0, 0.05) is 5.70 Å². The standard InChI is InChI=1S/C20H25FN2O3/c1-2-16-17(19(24)26-12-13-6-4-3-5-7-13)18(23-20(25)22-16)14-8-10-15(21)11-9-14/h8-11,13,18H,2-7,12H2,1H3,(H2,22,23,25). The van der Waals surface area contributed by atoms with E-state index >= 15 is 0 Å². The molecule has 1 aromatic rings. The van der Waals surface area contributed by atoms with Crippen molar-refractivity contribution in [2.24, 2.45) is 5.92 Å². The third kappa shape index (κ3) is 4.23. The molecule has 0 spiro atoms. The molecule has 1 unspecified atom stereocenters. The molecule has 1 atom stereocenters. The van der Waals surface area contributed by atoms with Crippen LogP contribution in [0.4, 0.5) is 9.18 Å². The predicted octanol–water partition coefficient (Wildman–Crippen LogP) is 3.97. The molecule has 2 amide bonds. The topological polar surface area (TPSA) is 67.4 Å². The quantitative estimate of drug-likeness (QED) is 0.781. The first-order valence-electron chi connectivity index (χ1n) is 9.31. The van der Waals surface area contributed by atoms with Gasteiger partial charge in [-0.25, -0.2) is 14.0 Å². The highest BCUT2D eigenvalue weighted by Crippen LogP contribution is 2.30. The zero-order chi connectivity index (χ0) is 18.5. The normalized spacial score (nSPS) is 21.2. The first-order valence-corrected chi connectivity index (χ1v) is 9.31. The number of rotatable bonds is 5. The molecule has 1 saturated carbocycles. The molecule has 3 rings (SSSR count). The summed E-state index contributed by atoms with van der Waals surface area (Å²) in [7, 11) is 0. The molecule has 2 aliphatic rings. The average molecular weight is 360 g/mol. The number of carbonyl (C=O) groups is 2. The van der Waals surface area contributed by atoms with Crippen molar-refractivity contribution in [1.82, 2.24) is 10.6 Å². The monoisotopic (exact) mass is 360 g/mol. The van der Waals surface area contributed by atoms with E-state index in [0.29, 0.717) is 35.8 Å². The fraction of sp³-hybridized carbons (Fsp3) is 0.500. The van der Waals surface area contributed by atoms with Crippen molar-refractivity contribution in [1.29, 1.82) is 0 Å². The molecule has 0 saturated heterocycles. The van der Waals surface area contributed by atoms with Crippen LogP contribution in [0.5, 0.6) is 0 Å². The SMILES string of the molecule is CCC1=C(C(=O)OCC2CCCCC2)C(c2ccc(F)cc2)NC(=O)N1. The Balaban J connectivity index is 1.81. The number of amides is 2. The number of esters is 1. The second-order valence-corrected chi connectivity index (χ2v) is 6.93. The van der Waals surface area contributed by atoms with Crippen LogP contribution in [-0.2, 0) is 9.53 Å². The van der Waals surface area contributed by atoms with Gasteiger partial charge in [0.05, 0.1) is 18.2 Å². The molecule has 0 aromatic heterocycles. The minimum absolute atomic E-state index is 0.366. The van der Waals surface area contributed by atoms with Gasteiger partial charge >= 0.3 is 12.0 Å². The number of halogens is 1. The van der Waals surface area contributed by atoms with E-state index < -0.39 is 12.0 Å². The average Bonchev–Trinajstić information content (AvgIpc) is 2.66. The Bertz CT molecular complexity index is 694. The van der Waals surface area contributed by atoms with Gasteiger partial charge in [-0.1, -0.05) is 38.3 Å². The van der Waals surface area contributed by atoms with Gasteiger partial charge in [-0.05, 0) is 42.9 Å². The molecule has 2 N–H and O–H groups in total. The van der Waals surface area contributed by atoms with E-state index in [0.717, 1.165) is 12.8 Å². The molecule has 0 radical (unpaired) electrons. The summed E-state index contributed by atoms with van der Waals surface area (Å²) >= 11 is 0. The van der Waals surface area contributed by atoms with Crippen molar-refractivity contribution < 1.29 is 18.7 Å². The third-order valence-corrected chi connectivity index (χ3v) is 5.11. The van der Waals surface area contributed by atoms with E-state index in [1.807, 2.05) is 6.92 Å². The number of hydrogen-bond acceptors (Lipinski definition) is 3. The number of nitrogens with one attached hydrogen (secondary N) is 2. The zero-order valence-electron chi connectivity index (χ0n) is 15.0. The molecule has 1 aromatic carbocycles. The van der Waals surface area contributed by atoms with Crippen LogP contribution in [0.2, 0.25) is 0 Å². The Morgan fingerprint density at radius 3 is 2.54 bits per heavy atom. The zero-order valence-corrected chi connectivity index (χ0v) is 15.0. The molecule has 1 fully saturated rings. The molecule has 5 nitrogen and oxygen atoms in total. The summed E-state index contributed by atoms with van der Waals surface area (Å²) in [6, 6.07) is 4.78.